The largest absolute Gasteiger partial charge is 0.412 e. The van der Waals surface area contributed by atoms with Crippen molar-refractivity contribution in [2.24, 2.45) is 5.73 Å². The molecule has 1 rings (SSSR count). The van der Waals surface area contributed by atoms with Crippen LogP contribution in [0.4, 0.5) is 13.2 Å². The van der Waals surface area contributed by atoms with Crippen molar-refractivity contribution in [3.05, 3.63) is 0 Å². The highest BCUT2D eigenvalue weighted by atomic mass is 35.5. The highest BCUT2D eigenvalue weighted by Crippen LogP contribution is 2.19. The second kappa shape index (κ2) is 5.70. The minimum absolute atomic E-state index is 0. The molecule has 0 saturated carbocycles. The number of hydrogen-bond acceptors (Lipinski definition) is 3. The van der Waals surface area contributed by atoms with E-state index in [0.29, 0.717) is 13.0 Å². The average Bonchev–Trinajstić information content (AvgIpc) is 2.49. The van der Waals surface area contributed by atoms with Crippen molar-refractivity contribution in [1.82, 2.24) is 5.32 Å². The van der Waals surface area contributed by atoms with Gasteiger partial charge in [-0.2, -0.15) is 13.2 Å². The number of nitrogens with two attached hydrogens (primary N) is 1. The molecule has 0 bridgehead atoms. The maximum Gasteiger partial charge on any atom is 0.412 e. The summed E-state index contributed by atoms with van der Waals surface area (Å²) in [6, 6.07) is -2.85. The molecule has 3 unspecified atom stereocenters. The van der Waals surface area contributed by atoms with Crippen LogP contribution in [-0.4, -0.2) is 36.9 Å². The molecule has 0 aromatic rings. The Labute approximate surface area is 97.1 Å². The van der Waals surface area contributed by atoms with Crippen molar-refractivity contribution in [2.75, 3.05) is 6.61 Å². The van der Waals surface area contributed by atoms with Crippen LogP contribution in [0.3, 0.4) is 0 Å². The zero-order valence-electron chi connectivity index (χ0n) is 8.58. The second-order valence-electron chi connectivity index (χ2n) is 3.50. The Morgan fingerprint density at radius 2 is 2.12 bits per heavy atom. The quantitative estimate of drug-likeness (QED) is 0.766. The molecule has 3 N–H and O–H groups in total. The number of carbonyl (C=O) groups is 1. The van der Waals surface area contributed by atoms with Crippen molar-refractivity contribution in [2.45, 2.75) is 37.7 Å². The lowest BCUT2D eigenvalue weighted by Gasteiger charge is -2.20. The van der Waals surface area contributed by atoms with Gasteiger partial charge in [-0.05, 0) is 13.3 Å². The van der Waals surface area contributed by atoms with E-state index in [1.807, 2.05) is 0 Å². The summed E-state index contributed by atoms with van der Waals surface area (Å²) < 4.78 is 41.3. The van der Waals surface area contributed by atoms with Gasteiger partial charge in [0.1, 0.15) is 0 Å². The van der Waals surface area contributed by atoms with Crippen molar-refractivity contribution < 1.29 is 22.7 Å². The first-order valence-corrected chi connectivity index (χ1v) is 4.56. The fourth-order valence-electron chi connectivity index (χ4n) is 1.34. The van der Waals surface area contributed by atoms with Crippen LogP contribution in [-0.2, 0) is 9.53 Å². The molecule has 1 aliphatic rings. The molecular formula is C8H14ClF3N2O2. The molecule has 8 heteroatoms. The number of amides is 1. The summed E-state index contributed by atoms with van der Waals surface area (Å²) in [4.78, 5) is 11.1. The zero-order valence-corrected chi connectivity index (χ0v) is 9.40. The molecule has 0 aliphatic carbocycles. The third kappa shape index (κ3) is 3.80. The highest BCUT2D eigenvalue weighted by Gasteiger charge is 2.43. The van der Waals surface area contributed by atoms with E-state index in [-0.39, 0.29) is 24.6 Å². The number of hydrogen-bond donors (Lipinski definition) is 2. The molecule has 1 fully saturated rings. The zero-order chi connectivity index (χ0) is 11.6. The highest BCUT2D eigenvalue weighted by molar-refractivity contribution is 5.85. The van der Waals surface area contributed by atoms with E-state index >= 15 is 0 Å². The minimum atomic E-state index is -4.70. The van der Waals surface area contributed by atoms with Gasteiger partial charge in [-0.15, -0.1) is 12.4 Å². The molecule has 1 heterocycles. The predicted octanol–water partition coefficient (Wildman–Crippen LogP) is 0.591. The van der Waals surface area contributed by atoms with Gasteiger partial charge in [0, 0.05) is 6.61 Å². The number of nitrogens with one attached hydrogen (secondary N) is 1. The molecule has 0 aromatic carbocycles. The van der Waals surface area contributed by atoms with Crippen LogP contribution in [0.2, 0.25) is 0 Å². The molecule has 0 aromatic heterocycles. The Morgan fingerprint density at radius 3 is 2.50 bits per heavy atom. The molecule has 1 amide bonds. The summed E-state index contributed by atoms with van der Waals surface area (Å²) in [5.74, 6) is -1.20. The average molecular weight is 263 g/mol. The molecular weight excluding hydrogens is 249 g/mol. The van der Waals surface area contributed by atoms with E-state index < -0.39 is 18.1 Å². The first kappa shape index (κ1) is 15.5. The maximum atomic E-state index is 12.1. The van der Waals surface area contributed by atoms with Gasteiger partial charge < -0.3 is 15.8 Å². The van der Waals surface area contributed by atoms with E-state index in [4.69, 9.17) is 10.5 Å². The molecule has 16 heavy (non-hydrogen) atoms. The maximum absolute atomic E-state index is 12.1. The second-order valence-corrected chi connectivity index (χ2v) is 3.50. The smallest absolute Gasteiger partial charge is 0.376 e. The van der Waals surface area contributed by atoms with Gasteiger partial charge in [0.05, 0.1) is 12.1 Å². The summed E-state index contributed by atoms with van der Waals surface area (Å²) in [6.07, 6.45) is -4.46. The van der Waals surface area contributed by atoms with Crippen LogP contribution >= 0.6 is 12.4 Å². The van der Waals surface area contributed by atoms with Crippen molar-refractivity contribution in [3.8, 4) is 0 Å². The lowest BCUT2D eigenvalue weighted by molar-refractivity contribution is -0.163. The molecule has 1 saturated heterocycles. The van der Waals surface area contributed by atoms with Gasteiger partial charge in [-0.25, -0.2) is 0 Å². The lowest BCUT2D eigenvalue weighted by Crippen LogP contribution is -2.53. The number of alkyl halides is 3. The Bertz CT molecular complexity index is 250. The molecule has 96 valence electrons. The molecule has 4 nitrogen and oxygen atoms in total. The summed E-state index contributed by atoms with van der Waals surface area (Å²) in [7, 11) is 0. The lowest BCUT2D eigenvalue weighted by atomic mass is 10.1. The van der Waals surface area contributed by atoms with E-state index in [0.717, 1.165) is 0 Å². The van der Waals surface area contributed by atoms with Gasteiger partial charge in [0.15, 0.2) is 6.04 Å². The van der Waals surface area contributed by atoms with Gasteiger partial charge in [-0.3, -0.25) is 4.79 Å². The normalized spacial score (nSPS) is 27.1. The Hall–Kier alpha value is -0.530. The molecule has 3 atom stereocenters. The first-order chi connectivity index (χ1) is 6.82. The Morgan fingerprint density at radius 1 is 1.56 bits per heavy atom. The van der Waals surface area contributed by atoms with Crippen LogP contribution < -0.4 is 11.1 Å². The van der Waals surface area contributed by atoms with Crippen molar-refractivity contribution >= 4 is 18.3 Å². The third-order valence-corrected chi connectivity index (χ3v) is 2.34. The number of rotatable bonds is 2. The molecule has 1 aliphatic heterocycles. The first-order valence-electron chi connectivity index (χ1n) is 4.56. The predicted molar refractivity (Wildman–Crippen MR) is 53.2 cm³/mol. The summed E-state index contributed by atoms with van der Waals surface area (Å²) >= 11 is 0. The third-order valence-electron chi connectivity index (χ3n) is 2.34. The van der Waals surface area contributed by atoms with Crippen LogP contribution in [0.1, 0.15) is 13.3 Å². The fraction of sp³-hybridized carbons (Fsp3) is 0.875. The fourth-order valence-corrected chi connectivity index (χ4v) is 1.34. The van der Waals surface area contributed by atoms with Gasteiger partial charge in [-0.1, -0.05) is 0 Å². The van der Waals surface area contributed by atoms with Crippen LogP contribution in [0.5, 0.6) is 0 Å². The topological polar surface area (TPSA) is 64.3 Å². The summed E-state index contributed by atoms with van der Waals surface area (Å²) in [6.45, 7) is 2.13. The van der Waals surface area contributed by atoms with Crippen molar-refractivity contribution in [3.63, 3.8) is 0 Å². The van der Waals surface area contributed by atoms with Gasteiger partial charge >= 0.3 is 6.18 Å². The Kier molecular flexibility index (Phi) is 5.51. The van der Waals surface area contributed by atoms with E-state index in [1.54, 1.807) is 6.92 Å². The van der Waals surface area contributed by atoms with Crippen LogP contribution in [0.15, 0.2) is 0 Å². The van der Waals surface area contributed by atoms with E-state index in [1.165, 1.54) is 0 Å². The molecule has 0 radical (unpaired) electrons. The minimum Gasteiger partial charge on any atom is -0.376 e. The number of halogens is 4. The Balaban J connectivity index is 0.00000225. The van der Waals surface area contributed by atoms with E-state index in [9.17, 15) is 18.0 Å². The summed E-state index contributed by atoms with van der Waals surface area (Å²) in [5.41, 5.74) is 4.74. The van der Waals surface area contributed by atoms with Crippen LogP contribution in [0.25, 0.3) is 0 Å². The standard InChI is InChI=1S/C8H13F3N2O2.ClH/c1-4-5(2-3-15-4)13-7(14)6(12)8(9,10)11;/h4-6H,2-3,12H2,1H3,(H,13,14);1H. The van der Waals surface area contributed by atoms with Crippen LogP contribution in [0, 0.1) is 0 Å². The number of carbonyl (C=O) groups excluding carboxylic acids is 1. The van der Waals surface area contributed by atoms with Crippen molar-refractivity contribution in [1.29, 1.82) is 0 Å². The van der Waals surface area contributed by atoms with Gasteiger partial charge in [0.25, 0.3) is 0 Å². The SMILES string of the molecule is CC1OCCC1NC(=O)C(N)C(F)(F)F.Cl. The summed E-state index contributed by atoms with van der Waals surface area (Å²) in [5, 5.41) is 2.23. The monoisotopic (exact) mass is 262 g/mol. The van der Waals surface area contributed by atoms with Gasteiger partial charge in [0.2, 0.25) is 5.91 Å². The van der Waals surface area contributed by atoms with E-state index in [2.05, 4.69) is 5.32 Å². The number of ether oxygens (including phenoxy) is 1. The molecule has 0 spiro atoms.